The number of aromatic nitrogens is 3. The fourth-order valence-corrected chi connectivity index (χ4v) is 4.20. The minimum atomic E-state index is -0.289. The van der Waals surface area contributed by atoms with E-state index in [2.05, 4.69) is 44.3 Å². The highest BCUT2D eigenvalue weighted by molar-refractivity contribution is 6.14. The molecule has 1 aliphatic rings. The van der Waals surface area contributed by atoms with E-state index in [4.69, 9.17) is 9.47 Å². The third-order valence-electron chi connectivity index (χ3n) is 5.67. The number of rotatable bonds is 5. The minimum absolute atomic E-state index is 0.213. The summed E-state index contributed by atoms with van der Waals surface area (Å²) < 4.78 is 10.6. The van der Waals surface area contributed by atoms with E-state index in [0.717, 1.165) is 29.7 Å². The Bertz CT molecular complexity index is 1140. The molecule has 2 aromatic heterocycles. The van der Waals surface area contributed by atoms with E-state index in [9.17, 15) is 4.79 Å². The van der Waals surface area contributed by atoms with Gasteiger partial charge < -0.3 is 25.0 Å². The number of methoxy groups -OCH3 is 2. The quantitative estimate of drug-likeness (QED) is 0.630. The first-order valence-corrected chi connectivity index (χ1v) is 10.6. The van der Waals surface area contributed by atoms with Gasteiger partial charge in [0.1, 0.15) is 5.75 Å². The second-order valence-corrected chi connectivity index (χ2v) is 8.09. The van der Waals surface area contributed by atoms with Gasteiger partial charge in [-0.2, -0.15) is 4.98 Å². The maximum absolute atomic E-state index is 13.3. The van der Waals surface area contributed by atoms with E-state index in [1.165, 1.54) is 7.11 Å². The molecule has 1 saturated heterocycles. The van der Waals surface area contributed by atoms with E-state index < -0.39 is 0 Å². The van der Waals surface area contributed by atoms with Gasteiger partial charge in [-0.05, 0) is 32.9 Å². The van der Waals surface area contributed by atoms with Gasteiger partial charge >= 0.3 is 6.01 Å². The second-order valence-electron chi connectivity index (χ2n) is 8.09. The summed E-state index contributed by atoms with van der Waals surface area (Å²) in [7, 11) is 3.08. The van der Waals surface area contributed by atoms with Crippen molar-refractivity contribution in [1.29, 1.82) is 0 Å². The number of fused-ring (bicyclic) bond motifs is 1. The zero-order chi connectivity index (χ0) is 22.8. The van der Waals surface area contributed by atoms with Crippen molar-refractivity contribution in [2.24, 2.45) is 0 Å². The van der Waals surface area contributed by atoms with E-state index in [1.807, 2.05) is 13.0 Å². The van der Waals surface area contributed by atoms with Gasteiger partial charge in [0.15, 0.2) is 0 Å². The average Bonchev–Trinajstić information content (AvgIpc) is 2.78. The largest absolute Gasteiger partial charge is 0.495 e. The minimum Gasteiger partial charge on any atom is -0.495 e. The lowest BCUT2D eigenvalue weighted by Crippen LogP contribution is -2.54. The third-order valence-corrected chi connectivity index (χ3v) is 5.67. The predicted molar refractivity (Wildman–Crippen MR) is 124 cm³/mol. The van der Waals surface area contributed by atoms with Crippen molar-refractivity contribution in [1.82, 2.24) is 20.3 Å². The van der Waals surface area contributed by atoms with Crippen LogP contribution in [0.5, 0.6) is 11.8 Å². The van der Waals surface area contributed by atoms with Crippen molar-refractivity contribution in [2.75, 3.05) is 37.5 Å². The maximum Gasteiger partial charge on any atom is 0.316 e. The third kappa shape index (κ3) is 4.16. The lowest BCUT2D eigenvalue weighted by Gasteiger charge is -2.38. The summed E-state index contributed by atoms with van der Waals surface area (Å²) in [6.45, 7) is 7.90. The molecule has 168 valence electrons. The molecule has 0 bridgehead atoms. The van der Waals surface area contributed by atoms with E-state index in [1.54, 1.807) is 31.8 Å². The lowest BCUT2D eigenvalue weighted by atomic mass is 10.0. The summed E-state index contributed by atoms with van der Waals surface area (Å²) >= 11 is 0. The van der Waals surface area contributed by atoms with Crippen LogP contribution in [0.1, 0.15) is 29.8 Å². The Hall–Kier alpha value is -3.46. The number of carbonyl (C=O) groups excluding carboxylic acids is 1. The highest BCUT2D eigenvalue weighted by atomic mass is 16.5. The topological polar surface area (TPSA) is 102 Å². The Morgan fingerprint density at radius 3 is 2.56 bits per heavy atom. The smallest absolute Gasteiger partial charge is 0.316 e. The van der Waals surface area contributed by atoms with Crippen LogP contribution in [0, 0.1) is 6.92 Å². The number of carbonyl (C=O) groups is 1. The van der Waals surface area contributed by atoms with Crippen LogP contribution in [-0.4, -0.2) is 60.3 Å². The fourth-order valence-electron chi connectivity index (χ4n) is 4.20. The molecule has 2 atom stereocenters. The first-order valence-electron chi connectivity index (χ1n) is 10.6. The highest BCUT2D eigenvalue weighted by Crippen LogP contribution is 2.31. The van der Waals surface area contributed by atoms with Crippen LogP contribution >= 0.6 is 0 Å². The molecular formula is C23H28N6O3. The highest BCUT2D eigenvalue weighted by Gasteiger charge is 2.25. The molecule has 0 saturated carbocycles. The number of amides is 1. The Labute approximate surface area is 187 Å². The van der Waals surface area contributed by atoms with Crippen LogP contribution in [-0.2, 0) is 0 Å². The Morgan fingerprint density at radius 1 is 1.12 bits per heavy atom. The molecule has 1 aromatic carbocycles. The van der Waals surface area contributed by atoms with Gasteiger partial charge in [0.25, 0.3) is 5.91 Å². The molecule has 32 heavy (non-hydrogen) atoms. The number of hydrogen-bond acceptors (Lipinski definition) is 8. The van der Waals surface area contributed by atoms with Crippen LogP contribution in [0.2, 0.25) is 0 Å². The van der Waals surface area contributed by atoms with Crippen molar-refractivity contribution in [3.05, 3.63) is 41.9 Å². The van der Waals surface area contributed by atoms with Crippen molar-refractivity contribution >= 4 is 28.2 Å². The summed E-state index contributed by atoms with van der Waals surface area (Å²) in [5.41, 5.74) is 3.35. The summed E-state index contributed by atoms with van der Waals surface area (Å²) in [5, 5.41) is 7.29. The van der Waals surface area contributed by atoms with Crippen LogP contribution < -0.4 is 25.0 Å². The molecule has 0 radical (unpaired) electrons. The van der Waals surface area contributed by atoms with Gasteiger partial charge in [0.05, 0.1) is 43.4 Å². The number of benzene rings is 1. The van der Waals surface area contributed by atoms with Gasteiger partial charge in [-0.15, -0.1) is 0 Å². The molecule has 1 fully saturated rings. The number of pyridine rings is 1. The molecule has 3 heterocycles. The van der Waals surface area contributed by atoms with Gasteiger partial charge in [-0.1, -0.05) is 0 Å². The summed E-state index contributed by atoms with van der Waals surface area (Å²) in [4.78, 5) is 28.6. The molecular weight excluding hydrogens is 408 g/mol. The lowest BCUT2D eigenvalue weighted by molar-refractivity contribution is 0.102. The van der Waals surface area contributed by atoms with Crippen molar-refractivity contribution < 1.29 is 14.3 Å². The van der Waals surface area contributed by atoms with Gasteiger partial charge in [0.2, 0.25) is 0 Å². The van der Waals surface area contributed by atoms with Crippen LogP contribution in [0.25, 0.3) is 10.9 Å². The molecule has 9 nitrogen and oxygen atoms in total. The zero-order valence-electron chi connectivity index (χ0n) is 19.0. The molecule has 2 unspecified atom stereocenters. The van der Waals surface area contributed by atoms with E-state index in [0.29, 0.717) is 34.6 Å². The average molecular weight is 437 g/mol. The Morgan fingerprint density at radius 2 is 1.88 bits per heavy atom. The summed E-state index contributed by atoms with van der Waals surface area (Å²) in [6, 6.07) is 4.68. The normalized spacial score (nSPS) is 18.5. The molecule has 1 aliphatic heterocycles. The number of nitrogens with one attached hydrogen (secondary N) is 2. The van der Waals surface area contributed by atoms with Gasteiger partial charge in [0, 0.05) is 48.0 Å². The van der Waals surface area contributed by atoms with Crippen LogP contribution in [0.3, 0.4) is 0 Å². The molecule has 0 spiro atoms. The number of hydrogen-bond donors (Lipinski definition) is 2. The summed E-state index contributed by atoms with van der Waals surface area (Å²) in [6.07, 6.45) is 4.94. The predicted octanol–water partition coefficient (Wildman–Crippen LogP) is 2.79. The molecule has 4 rings (SSSR count). The van der Waals surface area contributed by atoms with Gasteiger partial charge in [-0.3, -0.25) is 9.78 Å². The van der Waals surface area contributed by atoms with Crippen LogP contribution in [0.4, 0.5) is 11.4 Å². The van der Waals surface area contributed by atoms with E-state index >= 15 is 0 Å². The first-order chi connectivity index (χ1) is 15.4. The van der Waals surface area contributed by atoms with Crippen molar-refractivity contribution in [3.8, 4) is 11.8 Å². The SMILES string of the molecule is COc1ncc2c(N3CC(C)NC(C)C3)ccc(C(=O)Nc3cncc(OC)c3C)c2n1. The Kier molecular flexibility index (Phi) is 6.09. The second kappa shape index (κ2) is 8.96. The maximum atomic E-state index is 13.3. The van der Waals surface area contributed by atoms with Crippen molar-refractivity contribution in [3.63, 3.8) is 0 Å². The molecule has 3 aromatic rings. The van der Waals surface area contributed by atoms with Crippen LogP contribution in [0.15, 0.2) is 30.7 Å². The molecule has 1 amide bonds. The first kappa shape index (κ1) is 21.8. The number of piperazine rings is 1. The summed E-state index contributed by atoms with van der Waals surface area (Å²) in [5.74, 6) is 0.316. The monoisotopic (exact) mass is 436 g/mol. The molecule has 2 N–H and O–H groups in total. The standard InChI is InChI=1S/C23H28N6O3/c1-13-11-29(12-14(2)26-13)19-7-6-16(21-17(19)8-25-23(28-21)32-5)22(30)27-18-9-24-10-20(31-4)15(18)3/h6-10,13-14,26H,11-12H2,1-5H3,(H,27,30). The van der Waals surface area contributed by atoms with E-state index in [-0.39, 0.29) is 11.9 Å². The number of ether oxygens (including phenoxy) is 2. The van der Waals surface area contributed by atoms with Crippen molar-refractivity contribution in [2.45, 2.75) is 32.9 Å². The number of nitrogens with zero attached hydrogens (tertiary/aromatic N) is 4. The Balaban J connectivity index is 1.76. The fraction of sp³-hybridized carbons (Fsp3) is 0.391. The zero-order valence-corrected chi connectivity index (χ0v) is 19.0. The van der Waals surface area contributed by atoms with Gasteiger partial charge in [-0.25, -0.2) is 4.98 Å². The molecule has 9 heteroatoms. The number of anilines is 2. The molecule has 0 aliphatic carbocycles.